The Balaban J connectivity index is 1.74. The molecule has 2 heterocycles. The predicted molar refractivity (Wildman–Crippen MR) is 111 cm³/mol. The summed E-state index contributed by atoms with van der Waals surface area (Å²) in [5.74, 6) is 2.93. The number of ether oxygens (including phenoxy) is 2. The van der Waals surface area contributed by atoms with Crippen LogP contribution in [0.15, 0.2) is 36.1 Å². The lowest BCUT2D eigenvalue weighted by atomic mass is 9.92. The molecule has 0 aromatic heterocycles. The summed E-state index contributed by atoms with van der Waals surface area (Å²) in [5, 5.41) is 8.95. The molecular formula is C23H30N2O4. The number of piperazine rings is 1. The number of likely N-dealkylation sites (N-methyl/N-ethyl adjacent to an activating group) is 1. The van der Waals surface area contributed by atoms with E-state index in [1.165, 1.54) is 0 Å². The van der Waals surface area contributed by atoms with E-state index in [-0.39, 0.29) is 18.4 Å². The number of hydrogen-bond donors (Lipinski definition) is 1. The number of terminal acetylenes is 1. The van der Waals surface area contributed by atoms with Crippen molar-refractivity contribution < 1.29 is 19.4 Å². The molecule has 0 unspecified atom stereocenters. The zero-order chi connectivity index (χ0) is 20.6. The Bertz CT molecular complexity index is 745. The van der Waals surface area contributed by atoms with Crippen molar-refractivity contribution in [3.8, 4) is 12.3 Å². The number of hydrogen-bond acceptors (Lipinski definition) is 5. The number of unbranched alkanes of at least 4 members (excludes halogenated alkanes) is 1. The standard InChI is InChI=1S/C23H30N2O4/c1-3-18-6-8-19(9-7-18)20-16-21(23(27)25-12-10-24(2)11-13-25)29-22(17-20)28-15-5-4-14-26/h1,6-9,16,20,22,26H,4-5,10-15,17H2,2H3/t20-,22+/m1/s1. The Hall–Kier alpha value is -2.33. The first-order valence-corrected chi connectivity index (χ1v) is 10.3. The third-order valence-corrected chi connectivity index (χ3v) is 5.42. The molecule has 29 heavy (non-hydrogen) atoms. The van der Waals surface area contributed by atoms with Crippen molar-refractivity contribution in [1.82, 2.24) is 9.80 Å². The number of carbonyl (C=O) groups is 1. The molecule has 0 aliphatic carbocycles. The molecular weight excluding hydrogens is 368 g/mol. The minimum Gasteiger partial charge on any atom is -0.459 e. The molecule has 2 aliphatic rings. The summed E-state index contributed by atoms with van der Waals surface area (Å²) in [4.78, 5) is 17.1. The minimum atomic E-state index is -0.484. The van der Waals surface area contributed by atoms with Crippen LogP contribution in [0, 0.1) is 12.3 Å². The summed E-state index contributed by atoms with van der Waals surface area (Å²) < 4.78 is 11.8. The number of nitrogens with zero attached hydrogens (tertiary/aromatic N) is 2. The van der Waals surface area contributed by atoms with E-state index in [0.717, 1.165) is 30.6 Å². The average Bonchev–Trinajstić information content (AvgIpc) is 2.76. The molecule has 1 fully saturated rings. The van der Waals surface area contributed by atoms with Crippen LogP contribution < -0.4 is 0 Å². The summed E-state index contributed by atoms with van der Waals surface area (Å²) in [6, 6.07) is 7.83. The predicted octanol–water partition coefficient (Wildman–Crippen LogP) is 1.94. The van der Waals surface area contributed by atoms with Crippen molar-refractivity contribution in [2.75, 3.05) is 46.4 Å². The first-order valence-electron chi connectivity index (χ1n) is 10.3. The van der Waals surface area contributed by atoms with Crippen LogP contribution in [0.2, 0.25) is 0 Å². The van der Waals surface area contributed by atoms with Gasteiger partial charge in [-0.25, -0.2) is 0 Å². The molecule has 6 heteroatoms. The van der Waals surface area contributed by atoms with Crippen molar-refractivity contribution in [3.05, 3.63) is 47.2 Å². The number of rotatable bonds is 7. The van der Waals surface area contributed by atoms with Crippen molar-refractivity contribution >= 4 is 5.91 Å². The smallest absolute Gasteiger partial charge is 0.288 e. The zero-order valence-corrected chi connectivity index (χ0v) is 17.0. The molecule has 0 radical (unpaired) electrons. The van der Waals surface area contributed by atoms with Crippen LogP contribution in [0.25, 0.3) is 0 Å². The second-order valence-corrected chi connectivity index (χ2v) is 7.58. The van der Waals surface area contributed by atoms with Crippen LogP contribution in [-0.2, 0) is 14.3 Å². The van der Waals surface area contributed by atoms with E-state index < -0.39 is 6.29 Å². The van der Waals surface area contributed by atoms with Gasteiger partial charge in [0.05, 0.1) is 6.61 Å². The number of aliphatic hydroxyl groups excluding tert-OH is 1. The fourth-order valence-electron chi connectivity index (χ4n) is 3.56. The van der Waals surface area contributed by atoms with Crippen LogP contribution in [-0.4, -0.2) is 73.5 Å². The SMILES string of the molecule is C#Cc1ccc([C@@H]2C=C(C(=O)N3CCN(C)CC3)O[C@H](OCCCCO)C2)cc1. The van der Waals surface area contributed by atoms with Gasteiger partial charge in [0.25, 0.3) is 5.91 Å². The van der Waals surface area contributed by atoms with Gasteiger partial charge in [0.1, 0.15) is 0 Å². The summed E-state index contributed by atoms with van der Waals surface area (Å²) in [5.41, 5.74) is 1.91. The molecule has 1 aromatic carbocycles. The highest BCUT2D eigenvalue weighted by Gasteiger charge is 2.31. The highest BCUT2D eigenvalue weighted by Crippen LogP contribution is 2.32. The molecule has 0 saturated carbocycles. The molecule has 2 atom stereocenters. The van der Waals surface area contributed by atoms with Crippen LogP contribution in [0.5, 0.6) is 0 Å². The summed E-state index contributed by atoms with van der Waals surface area (Å²) in [7, 11) is 2.06. The average molecular weight is 399 g/mol. The fourth-order valence-corrected chi connectivity index (χ4v) is 3.56. The van der Waals surface area contributed by atoms with E-state index in [0.29, 0.717) is 38.3 Å². The second kappa shape index (κ2) is 10.4. The van der Waals surface area contributed by atoms with E-state index in [2.05, 4.69) is 17.9 Å². The van der Waals surface area contributed by atoms with Gasteiger partial charge in [0.15, 0.2) is 5.76 Å². The summed E-state index contributed by atoms with van der Waals surface area (Å²) in [6.45, 7) is 3.74. The van der Waals surface area contributed by atoms with E-state index in [1.807, 2.05) is 35.2 Å². The lowest BCUT2D eigenvalue weighted by molar-refractivity contribution is -0.153. The number of amides is 1. The molecule has 156 valence electrons. The molecule has 0 spiro atoms. The first kappa shape index (κ1) is 21.4. The van der Waals surface area contributed by atoms with Crippen LogP contribution in [0.4, 0.5) is 0 Å². The largest absolute Gasteiger partial charge is 0.459 e. The lowest BCUT2D eigenvalue weighted by Crippen LogP contribution is -2.48. The van der Waals surface area contributed by atoms with Crippen LogP contribution >= 0.6 is 0 Å². The van der Waals surface area contributed by atoms with Gasteiger partial charge in [0.2, 0.25) is 6.29 Å². The maximum atomic E-state index is 13.1. The van der Waals surface area contributed by atoms with Crippen molar-refractivity contribution in [1.29, 1.82) is 0 Å². The maximum absolute atomic E-state index is 13.1. The maximum Gasteiger partial charge on any atom is 0.288 e. The van der Waals surface area contributed by atoms with E-state index >= 15 is 0 Å². The Morgan fingerprint density at radius 2 is 1.97 bits per heavy atom. The van der Waals surface area contributed by atoms with E-state index in [9.17, 15) is 4.79 Å². The molecule has 0 bridgehead atoms. The van der Waals surface area contributed by atoms with Crippen molar-refractivity contribution in [2.45, 2.75) is 31.5 Å². The van der Waals surface area contributed by atoms with E-state index in [4.69, 9.17) is 21.0 Å². The molecule has 1 N–H and O–H groups in total. The topological polar surface area (TPSA) is 62.2 Å². The fraction of sp³-hybridized carbons (Fsp3) is 0.522. The number of carbonyl (C=O) groups excluding carboxylic acids is 1. The Morgan fingerprint density at radius 3 is 2.62 bits per heavy atom. The third kappa shape index (κ3) is 5.83. The molecule has 1 aromatic rings. The Morgan fingerprint density at radius 1 is 1.24 bits per heavy atom. The molecule has 6 nitrogen and oxygen atoms in total. The van der Waals surface area contributed by atoms with Gasteiger partial charge < -0.3 is 24.4 Å². The van der Waals surface area contributed by atoms with Crippen molar-refractivity contribution in [2.24, 2.45) is 0 Å². The number of allylic oxidation sites excluding steroid dienone is 1. The highest BCUT2D eigenvalue weighted by molar-refractivity contribution is 5.91. The van der Waals surface area contributed by atoms with Crippen molar-refractivity contribution in [3.63, 3.8) is 0 Å². The molecule has 3 rings (SSSR count). The van der Waals surface area contributed by atoms with Crippen LogP contribution in [0.3, 0.4) is 0 Å². The van der Waals surface area contributed by atoms with Gasteiger partial charge in [-0.3, -0.25) is 4.79 Å². The summed E-state index contributed by atoms with van der Waals surface area (Å²) in [6.07, 6.45) is 8.97. The summed E-state index contributed by atoms with van der Waals surface area (Å²) >= 11 is 0. The van der Waals surface area contributed by atoms with Gasteiger partial charge in [-0.15, -0.1) is 6.42 Å². The zero-order valence-electron chi connectivity index (χ0n) is 17.0. The minimum absolute atomic E-state index is 0.0184. The molecule has 2 aliphatic heterocycles. The van der Waals surface area contributed by atoms with Gasteiger partial charge in [-0.1, -0.05) is 18.1 Å². The van der Waals surface area contributed by atoms with Gasteiger partial charge >= 0.3 is 0 Å². The van der Waals surface area contributed by atoms with Gasteiger partial charge in [-0.2, -0.15) is 0 Å². The Kier molecular flexibility index (Phi) is 7.70. The third-order valence-electron chi connectivity index (χ3n) is 5.42. The van der Waals surface area contributed by atoms with Gasteiger partial charge in [-0.05, 0) is 43.7 Å². The molecule has 1 amide bonds. The number of aliphatic hydroxyl groups is 1. The quantitative estimate of drug-likeness (QED) is 0.562. The monoisotopic (exact) mass is 398 g/mol. The normalized spacial score (nSPS) is 22.5. The Labute approximate surface area is 173 Å². The van der Waals surface area contributed by atoms with Gasteiger partial charge in [0, 0.05) is 50.7 Å². The molecule has 1 saturated heterocycles. The van der Waals surface area contributed by atoms with Crippen LogP contribution in [0.1, 0.15) is 36.3 Å². The van der Waals surface area contributed by atoms with E-state index in [1.54, 1.807) is 0 Å². The lowest BCUT2D eigenvalue weighted by Gasteiger charge is -2.35. The second-order valence-electron chi connectivity index (χ2n) is 7.58. The highest BCUT2D eigenvalue weighted by atomic mass is 16.7. The number of benzene rings is 1. The first-order chi connectivity index (χ1) is 14.1.